The van der Waals surface area contributed by atoms with Crippen LogP contribution in [0.5, 0.6) is 0 Å². The Morgan fingerprint density at radius 3 is 2.56 bits per heavy atom. The van der Waals surface area contributed by atoms with Gasteiger partial charge in [0.15, 0.2) is 0 Å². The molecule has 1 heterocycles. The van der Waals surface area contributed by atoms with E-state index in [1.807, 2.05) is 0 Å². The van der Waals surface area contributed by atoms with Gasteiger partial charge in [-0.1, -0.05) is 34.1 Å². The van der Waals surface area contributed by atoms with Crippen molar-refractivity contribution in [2.45, 2.75) is 98.2 Å². The molecular weight excluding hydrogens is 312 g/mol. The summed E-state index contributed by atoms with van der Waals surface area (Å²) in [5.41, 5.74) is 0.922. The Balaban J connectivity index is 1.72. The zero-order valence-corrected chi connectivity index (χ0v) is 17.2. The van der Waals surface area contributed by atoms with Crippen LogP contribution < -0.4 is 0 Å². The minimum Gasteiger partial charge on any atom is -0.466 e. The number of rotatable bonds is 4. The maximum Gasteiger partial charge on any atom is 0.302 e. The molecule has 3 aliphatic rings. The Morgan fingerprint density at radius 1 is 1.16 bits per heavy atom. The van der Waals surface area contributed by atoms with Crippen LogP contribution in [0, 0.1) is 28.6 Å². The summed E-state index contributed by atoms with van der Waals surface area (Å²) in [7, 11) is 0. The molecule has 0 unspecified atom stereocenters. The van der Waals surface area contributed by atoms with Crippen molar-refractivity contribution >= 4 is 5.97 Å². The Labute approximate surface area is 154 Å². The highest BCUT2D eigenvalue weighted by Crippen LogP contribution is 2.66. The van der Waals surface area contributed by atoms with Crippen LogP contribution in [0.25, 0.3) is 0 Å². The lowest BCUT2D eigenvalue weighted by molar-refractivity contribution is -0.159. The molecule has 25 heavy (non-hydrogen) atoms. The second-order valence-electron chi connectivity index (χ2n) is 10.3. The first kappa shape index (κ1) is 19.2. The second kappa shape index (κ2) is 6.55. The van der Waals surface area contributed by atoms with Crippen molar-refractivity contribution < 1.29 is 14.3 Å². The monoisotopic (exact) mass is 350 g/mol. The molecule has 144 valence electrons. The number of fused-ring (bicyclic) bond motifs is 3. The molecule has 0 radical (unpaired) electrons. The Kier molecular flexibility index (Phi) is 5.03. The Bertz CT molecular complexity index is 513. The number of carbonyl (C=O) groups is 1. The van der Waals surface area contributed by atoms with Crippen LogP contribution in [0.3, 0.4) is 0 Å². The molecule has 3 nitrogen and oxygen atoms in total. The van der Waals surface area contributed by atoms with Gasteiger partial charge in [-0.3, -0.25) is 4.79 Å². The van der Waals surface area contributed by atoms with Gasteiger partial charge in [0.05, 0.1) is 18.3 Å². The van der Waals surface area contributed by atoms with Gasteiger partial charge in [0, 0.05) is 6.92 Å². The molecule has 2 aliphatic carbocycles. The van der Waals surface area contributed by atoms with Crippen molar-refractivity contribution in [3.8, 4) is 0 Å². The number of hydrogen-bond donors (Lipinski definition) is 0. The van der Waals surface area contributed by atoms with Crippen LogP contribution in [0.15, 0.2) is 0 Å². The van der Waals surface area contributed by atoms with Gasteiger partial charge in [-0.2, -0.15) is 0 Å². The van der Waals surface area contributed by atoms with Gasteiger partial charge >= 0.3 is 5.97 Å². The first-order chi connectivity index (χ1) is 11.6. The number of esters is 1. The van der Waals surface area contributed by atoms with Crippen molar-refractivity contribution in [1.82, 2.24) is 0 Å². The molecule has 2 saturated carbocycles. The largest absolute Gasteiger partial charge is 0.466 e. The highest BCUT2D eigenvalue weighted by atomic mass is 16.5. The molecule has 1 saturated heterocycles. The van der Waals surface area contributed by atoms with Gasteiger partial charge in [0.2, 0.25) is 0 Å². The smallest absolute Gasteiger partial charge is 0.302 e. The zero-order valence-electron chi connectivity index (χ0n) is 17.2. The third-order valence-electron chi connectivity index (χ3n) is 8.14. The van der Waals surface area contributed by atoms with E-state index in [0.29, 0.717) is 35.4 Å². The fraction of sp³-hybridized carbons (Fsp3) is 0.955. The fourth-order valence-electron chi connectivity index (χ4n) is 6.81. The first-order valence-corrected chi connectivity index (χ1v) is 10.4. The third kappa shape index (κ3) is 3.38. The van der Waals surface area contributed by atoms with Crippen molar-refractivity contribution in [3.05, 3.63) is 0 Å². The van der Waals surface area contributed by atoms with E-state index in [-0.39, 0.29) is 11.6 Å². The molecule has 3 heteroatoms. The highest BCUT2D eigenvalue weighted by Gasteiger charge is 2.62. The van der Waals surface area contributed by atoms with E-state index in [0.717, 1.165) is 12.3 Å². The molecule has 1 aliphatic heterocycles. The molecule has 0 aromatic carbocycles. The summed E-state index contributed by atoms with van der Waals surface area (Å²) in [6.07, 6.45) is 9.00. The standard InChI is InChI=1S/C22H38O3/c1-15(9-13-24-16(2)23)17-14-19-21(5)11-7-10-20(3,4)18(21)8-12-22(19,6)25-17/h15,17-19H,7-14H2,1-6H3/t15-,17-,18+,19-,21+,22-/m1/s1. The van der Waals surface area contributed by atoms with E-state index in [9.17, 15) is 4.79 Å². The number of hydrogen-bond acceptors (Lipinski definition) is 3. The summed E-state index contributed by atoms with van der Waals surface area (Å²) in [6, 6.07) is 0. The molecule has 6 atom stereocenters. The van der Waals surface area contributed by atoms with Crippen LogP contribution >= 0.6 is 0 Å². The number of carbonyl (C=O) groups excluding carboxylic acids is 1. The van der Waals surface area contributed by atoms with E-state index in [2.05, 4.69) is 34.6 Å². The van der Waals surface area contributed by atoms with Crippen molar-refractivity contribution in [2.75, 3.05) is 6.61 Å². The van der Waals surface area contributed by atoms with Gasteiger partial charge in [-0.05, 0) is 74.0 Å². The summed E-state index contributed by atoms with van der Waals surface area (Å²) < 4.78 is 11.9. The molecule has 3 fully saturated rings. The summed E-state index contributed by atoms with van der Waals surface area (Å²) in [6.45, 7) is 14.2. The van der Waals surface area contributed by atoms with E-state index in [1.54, 1.807) is 0 Å². The lowest BCUT2D eigenvalue weighted by atomic mass is 9.45. The van der Waals surface area contributed by atoms with E-state index in [4.69, 9.17) is 9.47 Å². The van der Waals surface area contributed by atoms with Gasteiger partial charge < -0.3 is 9.47 Å². The molecule has 0 aromatic rings. The maximum absolute atomic E-state index is 11.0. The first-order valence-electron chi connectivity index (χ1n) is 10.4. The van der Waals surface area contributed by atoms with E-state index in [1.165, 1.54) is 45.4 Å². The Morgan fingerprint density at radius 2 is 1.88 bits per heavy atom. The maximum atomic E-state index is 11.0. The average molecular weight is 351 g/mol. The molecule has 0 N–H and O–H groups in total. The summed E-state index contributed by atoms with van der Waals surface area (Å²) >= 11 is 0. The minimum atomic E-state index is -0.181. The molecule has 3 rings (SSSR count). The van der Waals surface area contributed by atoms with Crippen molar-refractivity contribution in [1.29, 1.82) is 0 Å². The van der Waals surface area contributed by atoms with E-state index < -0.39 is 0 Å². The summed E-state index contributed by atoms with van der Waals surface area (Å²) in [5.74, 6) is 1.76. The average Bonchev–Trinajstić information content (AvgIpc) is 2.85. The van der Waals surface area contributed by atoms with Crippen molar-refractivity contribution in [2.24, 2.45) is 28.6 Å². The lowest BCUT2D eigenvalue weighted by Gasteiger charge is -2.60. The van der Waals surface area contributed by atoms with Gasteiger partial charge in [-0.25, -0.2) is 0 Å². The van der Waals surface area contributed by atoms with Crippen LogP contribution in [0.1, 0.15) is 86.5 Å². The predicted molar refractivity (Wildman–Crippen MR) is 100 cm³/mol. The molecule has 0 aromatic heterocycles. The van der Waals surface area contributed by atoms with Crippen LogP contribution in [0.4, 0.5) is 0 Å². The molecule has 0 bridgehead atoms. The Hall–Kier alpha value is -0.570. The predicted octanol–water partition coefficient (Wildman–Crippen LogP) is 5.37. The topological polar surface area (TPSA) is 35.5 Å². The normalized spacial score (nSPS) is 43.8. The van der Waals surface area contributed by atoms with Crippen LogP contribution in [-0.4, -0.2) is 24.3 Å². The van der Waals surface area contributed by atoms with E-state index >= 15 is 0 Å². The number of ether oxygens (including phenoxy) is 2. The SMILES string of the molecule is CC(=O)OCC[C@@H](C)[C@H]1C[C@@H]2[C@@]3(C)CCCC(C)(C)[C@@H]3CC[C@@]2(C)O1. The van der Waals surface area contributed by atoms with Gasteiger partial charge in [0.25, 0.3) is 0 Å². The zero-order chi connectivity index (χ0) is 18.5. The summed E-state index contributed by atoms with van der Waals surface area (Å²) in [4.78, 5) is 11.0. The quantitative estimate of drug-likeness (QED) is 0.640. The molecular formula is C22H38O3. The minimum absolute atomic E-state index is 0.0407. The molecule has 0 spiro atoms. The van der Waals surface area contributed by atoms with Gasteiger partial charge in [0.1, 0.15) is 0 Å². The van der Waals surface area contributed by atoms with Crippen LogP contribution in [0.2, 0.25) is 0 Å². The van der Waals surface area contributed by atoms with Crippen molar-refractivity contribution in [3.63, 3.8) is 0 Å². The second-order valence-corrected chi connectivity index (χ2v) is 10.3. The highest BCUT2D eigenvalue weighted by molar-refractivity contribution is 5.65. The lowest BCUT2D eigenvalue weighted by Crippen LogP contribution is -2.55. The molecule has 0 amide bonds. The van der Waals surface area contributed by atoms with Gasteiger partial charge in [-0.15, -0.1) is 0 Å². The summed E-state index contributed by atoms with van der Waals surface area (Å²) in [5, 5.41) is 0. The third-order valence-corrected chi connectivity index (χ3v) is 8.14. The van der Waals surface area contributed by atoms with Crippen LogP contribution in [-0.2, 0) is 14.3 Å². The fourth-order valence-corrected chi connectivity index (χ4v) is 6.81.